The van der Waals surface area contributed by atoms with Gasteiger partial charge < -0.3 is 4.74 Å². The molecule has 1 aromatic carbocycles. The van der Waals surface area contributed by atoms with E-state index in [0.29, 0.717) is 10.6 Å². The van der Waals surface area contributed by atoms with Crippen molar-refractivity contribution in [2.45, 2.75) is 5.92 Å². The van der Waals surface area contributed by atoms with E-state index in [1.165, 1.54) is 32.4 Å². The fourth-order valence-electron chi connectivity index (χ4n) is 1.92. The van der Waals surface area contributed by atoms with E-state index < -0.39 is 23.7 Å². The van der Waals surface area contributed by atoms with Crippen LogP contribution in [-0.4, -0.2) is 36.8 Å². The van der Waals surface area contributed by atoms with Crippen LogP contribution in [0, 0.1) is 0 Å². The molecule has 0 saturated heterocycles. The highest BCUT2D eigenvalue weighted by Crippen LogP contribution is 2.31. The minimum atomic E-state index is -1.11. The minimum absolute atomic E-state index is 0.250. The maximum absolute atomic E-state index is 12.0. The molecule has 0 radical (unpaired) electrons. The molecule has 0 N–H and O–H groups in total. The van der Waals surface area contributed by atoms with Crippen molar-refractivity contribution in [2.75, 3.05) is 14.2 Å². The Bertz CT molecular complexity index is 555. The molecule has 0 fully saturated rings. The molecule has 1 aliphatic rings. The summed E-state index contributed by atoms with van der Waals surface area (Å²) < 4.78 is 4.60. The molecule has 94 valence electrons. The smallest absolute Gasteiger partial charge is 0.322 e. The average Bonchev–Trinajstić information content (AvgIpc) is 2.37. The van der Waals surface area contributed by atoms with Crippen molar-refractivity contribution in [3.63, 3.8) is 0 Å². The summed E-state index contributed by atoms with van der Waals surface area (Å²) in [5.41, 5.74) is 0.583. The lowest BCUT2D eigenvalue weighted by atomic mass is 9.89. The summed E-state index contributed by atoms with van der Waals surface area (Å²) in [6.07, 6.45) is 0. The zero-order valence-corrected chi connectivity index (χ0v) is 10.5. The lowest BCUT2D eigenvalue weighted by Gasteiger charge is -2.28. The molecule has 1 unspecified atom stereocenters. The third-order valence-corrected chi connectivity index (χ3v) is 3.11. The molecule has 5 nitrogen and oxygen atoms in total. The van der Waals surface area contributed by atoms with Crippen molar-refractivity contribution in [1.82, 2.24) is 4.90 Å². The van der Waals surface area contributed by atoms with Crippen LogP contribution in [0.2, 0.25) is 5.02 Å². The number of esters is 1. The Kier molecular flexibility index (Phi) is 3.09. The van der Waals surface area contributed by atoms with Crippen LogP contribution in [0.3, 0.4) is 0 Å². The number of amides is 2. The van der Waals surface area contributed by atoms with Gasteiger partial charge in [-0.3, -0.25) is 19.3 Å². The van der Waals surface area contributed by atoms with Crippen molar-refractivity contribution in [3.8, 4) is 0 Å². The standard InChI is InChI=1S/C12H10ClNO4/c1-14-10(15)8-5-6(13)3-4-7(8)9(11(14)16)12(17)18-2/h3-5,9H,1-2H3. The zero-order chi connectivity index (χ0) is 13.4. The molecule has 18 heavy (non-hydrogen) atoms. The highest BCUT2D eigenvalue weighted by Gasteiger charge is 2.41. The van der Waals surface area contributed by atoms with Gasteiger partial charge in [-0.2, -0.15) is 0 Å². The van der Waals surface area contributed by atoms with E-state index in [1.807, 2.05) is 0 Å². The first-order valence-electron chi connectivity index (χ1n) is 5.16. The van der Waals surface area contributed by atoms with Gasteiger partial charge in [0.2, 0.25) is 5.91 Å². The second kappa shape index (κ2) is 4.42. The number of hydrogen-bond acceptors (Lipinski definition) is 4. The van der Waals surface area contributed by atoms with Gasteiger partial charge in [-0.15, -0.1) is 0 Å². The molecule has 6 heteroatoms. The maximum Gasteiger partial charge on any atom is 0.322 e. The first-order chi connectivity index (χ1) is 8.47. The normalized spacial score (nSPS) is 18.6. The first-order valence-corrected chi connectivity index (χ1v) is 5.54. The number of carbonyl (C=O) groups is 3. The summed E-state index contributed by atoms with van der Waals surface area (Å²) in [5.74, 6) is -2.87. The fourth-order valence-corrected chi connectivity index (χ4v) is 2.09. The molecule has 1 atom stereocenters. The van der Waals surface area contributed by atoms with E-state index in [2.05, 4.69) is 4.74 Å². The van der Waals surface area contributed by atoms with Crippen molar-refractivity contribution < 1.29 is 19.1 Å². The van der Waals surface area contributed by atoms with Crippen molar-refractivity contribution in [2.24, 2.45) is 0 Å². The molecule has 1 heterocycles. The number of nitrogens with zero attached hydrogens (tertiary/aromatic N) is 1. The Balaban J connectivity index is 2.64. The van der Waals surface area contributed by atoms with Crippen LogP contribution in [0.15, 0.2) is 18.2 Å². The number of likely N-dealkylation sites (N-methyl/N-ethyl adjacent to an activating group) is 1. The summed E-state index contributed by atoms with van der Waals surface area (Å²) >= 11 is 5.82. The maximum atomic E-state index is 12.0. The predicted molar refractivity (Wildman–Crippen MR) is 63.3 cm³/mol. The Morgan fingerprint density at radius 3 is 2.67 bits per heavy atom. The third-order valence-electron chi connectivity index (χ3n) is 2.88. The molecular formula is C12H10ClNO4. The lowest BCUT2D eigenvalue weighted by molar-refractivity contribution is -0.148. The lowest BCUT2D eigenvalue weighted by Crippen LogP contribution is -2.44. The zero-order valence-electron chi connectivity index (χ0n) is 9.77. The number of hydrogen-bond donors (Lipinski definition) is 0. The van der Waals surface area contributed by atoms with E-state index in [9.17, 15) is 14.4 Å². The first kappa shape index (κ1) is 12.6. The number of halogens is 1. The molecule has 0 aliphatic carbocycles. The van der Waals surface area contributed by atoms with E-state index in [0.717, 1.165) is 4.90 Å². The molecule has 0 aromatic heterocycles. The summed E-state index contributed by atoms with van der Waals surface area (Å²) in [7, 11) is 2.52. The highest BCUT2D eigenvalue weighted by atomic mass is 35.5. The third kappa shape index (κ3) is 1.76. The van der Waals surface area contributed by atoms with E-state index in [4.69, 9.17) is 11.6 Å². The second-order valence-corrected chi connectivity index (χ2v) is 4.33. The minimum Gasteiger partial charge on any atom is -0.468 e. The van der Waals surface area contributed by atoms with Gasteiger partial charge in [0.25, 0.3) is 5.91 Å². The Morgan fingerprint density at radius 1 is 1.39 bits per heavy atom. The molecule has 2 rings (SSSR count). The number of rotatable bonds is 1. The van der Waals surface area contributed by atoms with Crippen molar-refractivity contribution in [3.05, 3.63) is 34.3 Å². The quantitative estimate of drug-likeness (QED) is 0.436. The van der Waals surface area contributed by atoms with Crippen LogP contribution in [-0.2, 0) is 14.3 Å². The molecule has 1 aliphatic heterocycles. The summed E-state index contributed by atoms with van der Waals surface area (Å²) in [6.45, 7) is 0. The molecule has 0 bridgehead atoms. The number of methoxy groups -OCH3 is 1. The Hall–Kier alpha value is -1.88. The van der Waals surface area contributed by atoms with E-state index in [1.54, 1.807) is 0 Å². The molecule has 2 amide bonds. The molecule has 0 saturated carbocycles. The van der Waals surface area contributed by atoms with E-state index >= 15 is 0 Å². The van der Waals surface area contributed by atoms with Gasteiger partial charge in [0.1, 0.15) is 0 Å². The van der Waals surface area contributed by atoms with Gasteiger partial charge >= 0.3 is 5.97 Å². The number of imide groups is 1. The number of carbonyl (C=O) groups excluding carboxylic acids is 3. The summed E-state index contributed by atoms with van der Waals surface area (Å²) in [5, 5.41) is 0.369. The van der Waals surface area contributed by atoms with Crippen molar-refractivity contribution in [1.29, 1.82) is 0 Å². The van der Waals surface area contributed by atoms with Crippen LogP contribution >= 0.6 is 11.6 Å². The van der Waals surface area contributed by atoms with Gasteiger partial charge in [0.15, 0.2) is 5.92 Å². The summed E-state index contributed by atoms with van der Waals surface area (Å²) in [6, 6.07) is 4.47. The van der Waals surface area contributed by atoms with Crippen LogP contribution in [0.5, 0.6) is 0 Å². The number of benzene rings is 1. The molecular weight excluding hydrogens is 258 g/mol. The van der Waals surface area contributed by atoms with Gasteiger partial charge in [-0.05, 0) is 17.7 Å². The van der Waals surface area contributed by atoms with Gasteiger partial charge in [0, 0.05) is 17.6 Å². The highest BCUT2D eigenvalue weighted by molar-refractivity contribution is 6.31. The predicted octanol–water partition coefficient (Wildman–Crippen LogP) is 1.21. The largest absolute Gasteiger partial charge is 0.468 e. The van der Waals surface area contributed by atoms with Gasteiger partial charge in [-0.1, -0.05) is 17.7 Å². The Morgan fingerprint density at radius 2 is 2.06 bits per heavy atom. The fraction of sp³-hybridized carbons (Fsp3) is 0.250. The second-order valence-electron chi connectivity index (χ2n) is 3.89. The topological polar surface area (TPSA) is 63.7 Å². The average molecular weight is 268 g/mol. The Labute approximate surface area is 108 Å². The van der Waals surface area contributed by atoms with E-state index in [-0.39, 0.29) is 5.56 Å². The van der Waals surface area contributed by atoms with Crippen LogP contribution < -0.4 is 0 Å². The number of ether oxygens (including phenoxy) is 1. The SMILES string of the molecule is COC(=O)C1C(=O)N(C)C(=O)c2cc(Cl)ccc21. The van der Waals surface area contributed by atoms with Crippen LogP contribution in [0.1, 0.15) is 21.8 Å². The van der Waals surface area contributed by atoms with Gasteiger partial charge in [-0.25, -0.2) is 0 Å². The van der Waals surface area contributed by atoms with Gasteiger partial charge in [0.05, 0.1) is 7.11 Å². The van der Waals surface area contributed by atoms with Crippen LogP contribution in [0.4, 0.5) is 0 Å². The molecule has 0 spiro atoms. The van der Waals surface area contributed by atoms with Crippen molar-refractivity contribution >= 4 is 29.4 Å². The molecule has 1 aromatic rings. The monoisotopic (exact) mass is 267 g/mol. The van der Waals surface area contributed by atoms with Crippen LogP contribution in [0.25, 0.3) is 0 Å². The summed E-state index contributed by atoms with van der Waals surface area (Å²) in [4.78, 5) is 36.5. The number of fused-ring (bicyclic) bond motifs is 1.